The molecule has 52 heavy (non-hydrogen) atoms. The first kappa shape index (κ1) is 30.1. The van der Waals surface area contributed by atoms with E-state index in [1.807, 2.05) is 60.7 Å². The van der Waals surface area contributed by atoms with Gasteiger partial charge in [0.2, 0.25) is 5.89 Å². The fourth-order valence-corrected chi connectivity index (χ4v) is 8.24. The molecule has 10 aromatic rings. The third kappa shape index (κ3) is 5.25. The number of rotatable bonds is 6. The summed E-state index contributed by atoms with van der Waals surface area (Å²) in [6.07, 6.45) is 0. The highest BCUT2D eigenvalue weighted by molar-refractivity contribution is 7.27. The molecule has 3 heterocycles. The molecular weight excluding hydrogens is 657 g/mol. The zero-order chi connectivity index (χ0) is 34.4. The normalized spacial score (nSPS) is 11.5. The van der Waals surface area contributed by atoms with Crippen molar-refractivity contribution in [2.45, 2.75) is 0 Å². The second kappa shape index (κ2) is 12.5. The maximum Gasteiger partial charge on any atom is 0.228 e. The standard InChI is InChI=1S/C46H28N4OS/c1-4-14-29(15-5-1)32-20-12-21-33(28-32)44-48-43(31-18-8-3-9-19-31)49-45(50-44)36-23-13-22-35-40-34(30-16-6-2-7-17-30)26-27-37(42(40)52-41(35)36)46-47-38-24-10-11-25-39(38)51-46/h1-28H. The molecule has 0 radical (unpaired) electrons. The summed E-state index contributed by atoms with van der Waals surface area (Å²) in [5.74, 6) is 2.47. The summed E-state index contributed by atoms with van der Waals surface area (Å²) in [7, 11) is 0. The summed E-state index contributed by atoms with van der Waals surface area (Å²) in [6, 6.07) is 58.1. The molecule has 0 unspecified atom stereocenters. The molecule has 0 saturated heterocycles. The fourth-order valence-electron chi connectivity index (χ4n) is 6.90. The minimum Gasteiger partial charge on any atom is -0.436 e. The number of hydrogen-bond acceptors (Lipinski definition) is 6. The minimum absolute atomic E-state index is 0.603. The molecule has 0 aliphatic carbocycles. The van der Waals surface area contributed by atoms with Gasteiger partial charge in [-0.2, -0.15) is 0 Å². The van der Waals surface area contributed by atoms with Crippen LogP contribution >= 0.6 is 11.3 Å². The average molecular weight is 685 g/mol. The van der Waals surface area contributed by atoms with Gasteiger partial charge < -0.3 is 4.42 Å². The third-order valence-electron chi connectivity index (χ3n) is 9.39. The molecule has 0 fully saturated rings. The van der Waals surface area contributed by atoms with Crippen molar-refractivity contribution >= 4 is 42.6 Å². The Morgan fingerprint density at radius 1 is 0.385 bits per heavy atom. The number of fused-ring (bicyclic) bond motifs is 4. The lowest BCUT2D eigenvalue weighted by atomic mass is 9.96. The fraction of sp³-hybridized carbons (Fsp3) is 0. The Morgan fingerprint density at radius 2 is 0.981 bits per heavy atom. The Balaban J connectivity index is 1.22. The predicted molar refractivity (Wildman–Crippen MR) is 213 cm³/mol. The highest BCUT2D eigenvalue weighted by atomic mass is 32.1. The van der Waals surface area contributed by atoms with E-state index in [9.17, 15) is 0 Å². The van der Waals surface area contributed by atoms with Crippen LogP contribution in [0.3, 0.4) is 0 Å². The van der Waals surface area contributed by atoms with Gasteiger partial charge in [-0.05, 0) is 52.6 Å². The van der Waals surface area contributed by atoms with Gasteiger partial charge in [0.05, 0.1) is 5.56 Å². The van der Waals surface area contributed by atoms with Crippen LogP contribution in [0, 0.1) is 0 Å². The molecule has 10 rings (SSSR count). The van der Waals surface area contributed by atoms with E-state index in [2.05, 4.69) is 109 Å². The maximum atomic E-state index is 6.35. The lowest BCUT2D eigenvalue weighted by molar-refractivity contribution is 0.621. The van der Waals surface area contributed by atoms with Gasteiger partial charge in [0.1, 0.15) is 5.52 Å². The Bertz CT molecular complexity index is 2870. The summed E-state index contributed by atoms with van der Waals surface area (Å²) < 4.78 is 8.54. The Labute approximate surface area is 303 Å². The quantitative estimate of drug-likeness (QED) is 0.174. The van der Waals surface area contributed by atoms with E-state index in [0.717, 1.165) is 75.8 Å². The summed E-state index contributed by atoms with van der Waals surface area (Å²) >= 11 is 1.73. The molecule has 0 aliphatic heterocycles. The monoisotopic (exact) mass is 684 g/mol. The molecule has 0 amide bonds. The van der Waals surface area contributed by atoms with Crippen LogP contribution in [-0.4, -0.2) is 19.9 Å². The molecule has 7 aromatic carbocycles. The third-order valence-corrected chi connectivity index (χ3v) is 10.7. The van der Waals surface area contributed by atoms with Crippen molar-refractivity contribution in [1.82, 2.24) is 19.9 Å². The average Bonchev–Trinajstić information content (AvgIpc) is 3.84. The van der Waals surface area contributed by atoms with Crippen LogP contribution in [0.1, 0.15) is 0 Å². The van der Waals surface area contributed by atoms with Crippen molar-refractivity contribution < 1.29 is 4.42 Å². The van der Waals surface area contributed by atoms with Crippen molar-refractivity contribution in [1.29, 1.82) is 0 Å². The van der Waals surface area contributed by atoms with Gasteiger partial charge in [0, 0.05) is 36.9 Å². The SMILES string of the molecule is c1ccc(-c2cccc(-c3nc(-c4ccccc4)nc(-c4cccc5c4sc4c(-c6nc7ccccc7o6)ccc(-c6ccccc6)c45)n3)c2)cc1. The highest BCUT2D eigenvalue weighted by Crippen LogP contribution is 2.47. The summed E-state index contributed by atoms with van der Waals surface area (Å²) in [5, 5.41) is 2.28. The zero-order valence-electron chi connectivity index (χ0n) is 27.8. The first-order valence-corrected chi connectivity index (χ1v) is 18.0. The highest BCUT2D eigenvalue weighted by Gasteiger charge is 2.22. The van der Waals surface area contributed by atoms with Gasteiger partial charge in [-0.15, -0.1) is 11.3 Å². The summed E-state index contributed by atoms with van der Waals surface area (Å²) in [6.45, 7) is 0. The molecule has 0 aliphatic rings. The predicted octanol–water partition coefficient (Wildman–Crippen LogP) is 12.4. The van der Waals surface area contributed by atoms with Gasteiger partial charge in [0.15, 0.2) is 23.1 Å². The van der Waals surface area contributed by atoms with Gasteiger partial charge in [-0.25, -0.2) is 19.9 Å². The molecule has 0 N–H and O–H groups in total. The van der Waals surface area contributed by atoms with E-state index in [-0.39, 0.29) is 0 Å². The van der Waals surface area contributed by atoms with E-state index in [1.54, 1.807) is 11.3 Å². The number of oxazole rings is 1. The van der Waals surface area contributed by atoms with Crippen molar-refractivity contribution in [3.63, 3.8) is 0 Å². The number of hydrogen-bond donors (Lipinski definition) is 0. The minimum atomic E-state index is 0.603. The van der Waals surface area contributed by atoms with E-state index in [4.69, 9.17) is 24.4 Å². The van der Waals surface area contributed by atoms with E-state index in [1.165, 1.54) is 0 Å². The number of aromatic nitrogens is 4. The van der Waals surface area contributed by atoms with Crippen molar-refractivity contribution in [2.75, 3.05) is 0 Å². The van der Waals surface area contributed by atoms with E-state index >= 15 is 0 Å². The first-order chi connectivity index (χ1) is 25.8. The molecule has 0 bridgehead atoms. The maximum absolute atomic E-state index is 6.35. The first-order valence-electron chi connectivity index (χ1n) is 17.1. The molecule has 5 nitrogen and oxygen atoms in total. The second-order valence-corrected chi connectivity index (χ2v) is 13.6. The van der Waals surface area contributed by atoms with Crippen molar-refractivity contribution in [2.24, 2.45) is 0 Å². The summed E-state index contributed by atoms with van der Waals surface area (Å²) in [4.78, 5) is 20.3. The van der Waals surface area contributed by atoms with Crippen LogP contribution in [0.4, 0.5) is 0 Å². The number of para-hydroxylation sites is 2. The van der Waals surface area contributed by atoms with E-state index < -0.39 is 0 Å². The number of benzene rings is 7. The molecule has 0 spiro atoms. The molecule has 0 atom stereocenters. The van der Waals surface area contributed by atoms with Gasteiger partial charge >= 0.3 is 0 Å². The van der Waals surface area contributed by atoms with Crippen LogP contribution in [-0.2, 0) is 0 Å². The molecule has 3 aromatic heterocycles. The topological polar surface area (TPSA) is 64.7 Å². The molecule has 0 saturated carbocycles. The Hall–Kier alpha value is -6.76. The van der Waals surface area contributed by atoms with Crippen LogP contribution in [0.15, 0.2) is 174 Å². The lowest BCUT2D eigenvalue weighted by Crippen LogP contribution is -2.00. The van der Waals surface area contributed by atoms with Crippen molar-refractivity contribution in [3.8, 4) is 67.9 Å². The Kier molecular flexibility index (Phi) is 7.25. The van der Waals surface area contributed by atoms with Gasteiger partial charge in [-0.1, -0.05) is 140 Å². The van der Waals surface area contributed by atoms with Crippen LogP contribution in [0.25, 0.3) is 99.1 Å². The molecule has 6 heteroatoms. The number of thiophene rings is 1. The van der Waals surface area contributed by atoms with Crippen LogP contribution < -0.4 is 0 Å². The smallest absolute Gasteiger partial charge is 0.228 e. The second-order valence-electron chi connectivity index (χ2n) is 12.6. The molecule has 244 valence electrons. The van der Waals surface area contributed by atoms with Crippen LogP contribution in [0.2, 0.25) is 0 Å². The van der Waals surface area contributed by atoms with E-state index in [0.29, 0.717) is 23.4 Å². The lowest BCUT2D eigenvalue weighted by Gasteiger charge is -2.10. The Morgan fingerprint density at radius 3 is 1.75 bits per heavy atom. The zero-order valence-corrected chi connectivity index (χ0v) is 28.6. The molecular formula is C46H28N4OS. The van der Waals surface area contributed by atoms with Crippen molar-refractivity contribution in [3.05, 3.63) is 170 Å². The number of nitrogens with zero attached hydrogens (tertiary/aromatic N) is 4. The van der Waals surface area contributed by atoms with Gasteiger partial charge in [-0.3, -0.25) is 0 Å². The largest absolute Gasteiger partial charge is 0.436 e. The van der Waals surface area contributed by atoms with Gasteiger partial charge in [0.25, 0.3) is 0 Å². The van der Waals surface area contributed by atoms with Crippen LogP contribution in [0.5, 0.6) is 0 Å². The summed E-state index contributed by atoms with van der Waals surface area (Å²) in [5.41, 5.74) is 9.90.